The van der Waals surface area contributed by atoms with Crippen molar-refractivity contribution >= 4 is 17.9 Å². The first-order chi connectivity index (χ1) is 10.5. The van der Waals surface area contributed by atoms with Crippen molar-refractivity contribution in [3.63, 3.8) is 0 Å². The maximum Gasteiger partial charge on any atom is 0.323 e. The van der Waals surface area contributed by atoms with Gasteiger partial charge in [-0.3, -0.25) is 19.7 Å². The zero-order chi connectivity index (χ0) is 18.2. The van der Waals surface area contributed by atoms with E-state index in [0.717, 1.165) is 7.11 Å². The molecule has 0 bridgehead atoms. The topological polar surface area (TPSA) is 131 Å². The molecule has 0 amide bonds. The van der Waals surface area contributed by atoms with E-state index in [1.54, 1.807) is 20.8 Å². The maximum absolute atomic E-state index is 12.2. The van der Waals surface area contributed by atoms with E-state index in [4.69, 9.17) is 9.84 Å². The maximum atomic E-state index is 12.2. The number of methoxy groups -OCH3 is 2. The van der Waals surface area contributed by atoms with Crippen LogP contribution in [-0.4, -0.2) is 66.3 Å². The highest BCUT2D eigenvalue weighted by molar-refractivity contribution is 5.83. The minimum atomic E-state index is -1.37. The van der Waals surface area contributed by atoms with Gasteiger partial charge in [0.25, 0.3) is 0 Å². The molecule has 0 aliphatic heterocycles. The molecule has 0 spiro atoms. The van der Waals surface area contributed by atoms with Crippen molar-refractivity contribution in [2.75, 3.05) is 14.2 Å². The number of carbonyl (C=O) groups excluding carboxylic acids is 2. The number of ether oxygens (including phenoxy) is 3. The van der Waals surface area contributed by atoms with Gasteiger partial charge >= 0.3 is 17.9 Å². The molecule has 23 heavy (non-hydrogen) atoms. The predicted octanol–water partition coefficient (Wildman–Crippen LogP) is -0.342. The quantitative estimate of drug-likeness (QED) is 0.382. The van der Waals surface area contributed by atoms with Gasteiger partial charge in [-0.25, -0.2) is 0 Å². The van der Waals surface area contributed by atoms with Crippen LogP contribution in [0.1, 0.15) is 33.6 Å². The standard InChI is InChI=1S/C14H25NO8/c1-14(2,3)23-13(20)9(7-11(17)22-5)15-8(12(18)19)6-10(16)21-4/h8-9,11,15,17H,6-7H2,1-5H3,(H,18,19)/t8-,9-,11-/m0/s1. The number of aliphatic hydroxyl groups excluding tert-OH is 1. The number of carboxylic acid groups (broad SMARTS) is 1. The first kappa shape index (κ1) is 21.3. The Morgan fingerprint density at radius 1 is 1.13 bits per heavy atom. The highest BCUT2D eigenvalue weighted by Crippen LogP contribution is 2.12. The Kier molecular flexibility index (Phi) is 8.73. The summed E-state index contributed by atoms with van der Waals surface area (Å²) in [4.78, 5) is 34.7. The summed E-state index contributed by atoms with van der Waals surface area (Å²) in [5.41, 5.74) is -0.796. The average Bonchev–Trinajstić information content (AvgIpc) is 2.42. The third kappa shape index (κ3) is 9.11. The molecule has 0 saturated carbocycles. The fraction of sp³-hybridized carbons (Fsp3) is 0.786. The average molecular weight is 335 g/mol. The summed E-state index contributed by atoms with van der Waals surface area (Å²) in [5, 5.41) is 21.2. The number of carboxylic acids is 1. The molecular weight excluding hydrogens is 310 g/mol. The molecular formula is C14H25NO8. The minimum Gasteiger partial charge on any atom is -0.480 e. The number of hydrogen-bond acceptors (Lipinski definition) is 8. The van der Waals surface area contributed by atoms with Gasteiger partial charge in [0.15, 0.2) is 6.29 Å². The third-order valence-electron chi connectivity index (χ3n) is 2.70. The Balaban J connectivity index is 5.12. The van der Waals surface area contributed by atoms with E-state index in [1.165, 1.54) is 7.11 Å². The van der Waals surface area contributed by atoms with Crippen molar-refractivity contribution in [1.29, 1.82) is 0 Å². The third-order valence-corrected chi connectivity index (χ3v) is 2.70. The molecule has 0 saturated heterocycles. The lowest BCUT2D eigenvalue weighted by molar-refractivity contribution is -0.163. The molecule has 9 heteroatoms. The predicted molar refractivity (Wildman–Crippen MR) is 78.5 cm³/mol. The van der Waals surface area contributed by atoms with Crippen LogP contribution in [0.15, 0.2) is 0 Å². The van der Waals surface area contributed by atoms with Crippen molar-refractivity contribution < 1.29 is 38.8 Å². The summed E-state index contributed by atoms with van der Waals surface area (Å²) in [6.07, 6.45) is -2.02. The molecule has 0 fully saturated rings. The molecule has 9 nitrogen and oxygen atoms in total. The van der Waals surface area contributed by atoms with Crippen LogP contribution in [0.2, 0.25) is 0 Å². The Hall–Kier alpha value is -1.71. The minimum absolute atomic E-state index is 0.240. The number of esters is 2. The van der Waals surface area contributed by atoms with Crippen LogP contribution < -0.4 is 5.32 Å². The van der Waals surface area contributed by atoms with Gasteiger partial charge in [0.2, 0.25) is 0 Å². The summed E-state index contributed by atoms with van der Waals surface area (Å²) in [7, 11) is 2.36. The second-order valence-electron chi connectivity index (χ2n) is 5.85. The SMILES string of the molecule is COC(=O)C[C@H](N[C@@H](C[C@@H](O)OC)C(=O)OC(C)(C)C)C(=O)O. The Bertz CT molecular complexity index is 417. The second-order valence-corrected chi connectivity index (χ2v) is 5.85. The molecule has 0 radical (unpaired) electrons. The van der Waals surface area contributed by atoms with Gasteiger partial charge < -0.3 is 24.4 Å². The van der Waals surface area contributed by atoms with Crippen molar-refractivity contribution in [1.82, 2.24) is 5.32 Å². The first-order valence-electron chi connectivity index (χ1n) is 6.99. The number of aliphatic carboxylic acids is 1. The Labute approximate surface area is 134 Å². The molecule has 0 aliphatic rings. The largest absolute Gasteiger partial charge is 0.480 e. The summed E-state index contributed by atoms with van der Waals surface area (Å²) >= 11 is 0. The van der Waals surface area contributed by atoms with E-state index < -0.39 is 48.3 Å². The lowest BCUT2D eigenvalue weighted by Crippen LogP contribution is -2.51. The summed E-state index contributed by atoms with van der Waals surface area (Å²) in [6, 6.07) is -2.54. The molecule has 0 aliphatic carbocycles. The number of nitrogens with one attached hydrogen (secondary N) is 1. The van der Waals surface area contributed by atoms with E-state index in [0.29, 0.717) is 0 Å². The first-order valence-corrected chi connectivity index (χ1v) is 6.99. The summed E-state index contributed by atoms with van der Waals surface area (Å²) in [5.74, 6) is -2.85. The van der Waals surface area contributed by atoms with Gasteiger partial charge in [-0.2, -0.15) is 0 Å². The zero-order valence-electron chi connectivity index (χ0n) is 14.0. The van der Waals surface area contributed by atoms with Crippen LogP contribution in [0.3, 0.4) is 0 Å². The van der Waals surface area contributed by atoms with Crippen molar-refractivity contribution in [3.8, 4) is 0 Å². The summed E-state index contributed by atoms with van der Waals surface area (Å²) in [6.45, 7) is 4.95. The van der Waals surface area contributed by atoms with E-state index >= 15 is 0 Å². The van der Waals surface area contributed by atoms with Crippen LogP contribution in [0.4, 0.5) is 0 Å². The normalized spacial score (nSPS) is 15.4. The molecule has 0 rings (SSSR count). The Morgan fingerprint density at radius 3 is 2.09 bits per heavy atom. The van der Waals surface area contributed by atoms with Gasteiger partial charge in [0, 0.05) is 13.5 Å². The van der Waals surface area contributed by atoms with Crippen molar-refractivity contribution in [2.45, 2.75) is 57.6 Å². The van der Waals surface area contributed by atoms with E-state index in [-0.39, 0.29) is 6.42 Å². The molecule has 3 N–H and O–H groups in total. The monoisotopic (exact) mass is 335 g/mol. The molecule has 0 aromatic carbocycles. The molecule has 0 aromatic rings. The van der Waals surface area contributed by atoms with Crippen LogP contribution >= 0.6 is 0 Å². The number of rotatable bonds is 9. The lowest BCUT2D eigenvalue weighted by Gasteiger charge is -2.27. The molecule has 3 atom stereocenters. The van der Waals surface area contributed by atoms with Crippen LogP contribution in [0, 0.1) is 0 Å². The van der Waals surface area contributed by atoms with Crippen LogP contribution in [0.25, 0.3) is 0 Å². The van der Waals surface area contributed by atoms with Gasteiger partial charge in [0.05, 0.1) is 13.5 Å². The fourth-order valence-corrected chi connectivity index (χ4v) is 1.61. The van der Waals surface area contributed by atoms with E-state index in [2.05, 4.69) is 14.8 Å². The Morgan fingerprint density at radius 2 is 1.70 bits per heavy atom. The highest BCUT2D eigenvalue weighted by Gasteiger charge is 2.32. The number of carbonyl (C=O) groups is 3. The van der Waals surface area contributed by atoms with Crippen molar-refractivity contribution in [2.24, 2.45) is 0 Å². The lowest BCUT2D eigenvalue weighted by atomic mass is 10.1. The van der Waals surface area contributed by atoms with Gasteiger partial charge in [-0.05, 0) is 20.8 Å². The van der Waals surface area contributed by atoms with E-state index in [9.17, 15) is 19.5 Å². The zero-order valence-corrected chi connectivity index (χ0v) is 14.0. The number of hydrogen-bond donors (Lipinski definition) is 3. The fourth-order valence-electron chi connectivity index (χ4n) is 1.61. The molecule has 134 valence electrons. The van der Waals surface area contributed by atoms with E-state index in [1.807, 2.05) is 0 Å². The number of aliphatic hydroxyl groups is 1. The van der Waals surface area contributed by atoms with Crippen LogP contribution in [-0.2, 0) is 28.6 Å². The van der Waals surface area contributed by atoms with Crippen molar-refractivity contribution in [3.05, 3.63) is 0 Å². The van der Waals surface area contributed by atoms with Crippen LogP contribution in [0.5, 0.6) is 0 Å². The highest BCUT2D eigenvalue weighted by atomic mass is 16.6. The smallest absolute Gasteiger partial charge is 0.323 e. The second kappa shape index (κ2) is 9.43. The van der Waals surface area contributed by atoms with Gasteiger partial charge in [-0.15, -0.1) is 0 Å². The molecule has 0 heterocycles. The van der Waals surface area contributed by atoms with Gasteiger partial charge in [-0.1, -0.05) is 0 Å². The summed E-state index contributed by atoms with van der Waals surface area (Å²) < 4.78 is 14.3. The molecule has 0 unspecified atom stereocenters. The molecule has 0 aromatic heterocycles. The van der Waals surface area contributed by atoms with Gasteiger partial charge in [0.1, 0.15) is 17.7 Å².